The van der Waals surface area contributed by atoms with Gasteiger partial charge in [-0.2, -0.15) is 0 Å². The topological polar surface area (TPSA) is 127 Å². The van der Waals surface area contributed by atoms with E-state index in [1.165, 1.54) is 12.1 Å². The summed E-state index contributed by atoms with van der Waals surface area (Å²) in [5.41, 5.74) is -0.0530. The smallest absolute Gasteiger partial charge is 0.270 e. The van der Waals surface area contributed by atoms with Gasteiger partial charge in [-0.15, -0.1) is 0 Å². The molecular weight excluding hydrogens is 298 g/mol. The van der Waals surface area contributed by atoms with Gasteiger partial charge in [-0.05, 0) is 18.4 Å². The number of hydrogen-bond acceptors (Lipinski definition) is 6. The molecule has 0 spiro atoms. The molecule has 3 N–H and O–H groups in total. The van der Waals surface area contributed by atoms with E-state index in [-0.39, 0.29) is 28.7 Å². The highest BCUT2D eigenvalue weighted by Gasteiger charge is 2.28. The van der Waals surface area contributed by atoms with Crippen molar-refractivity contribution in [1.82, 2.24) is 0 Å². The summed E-state index contributed by atoms with van der Waals surface area (Å²) >= 11 is 0. The Labute approximate surface area is 122 Å². The Kier molecular flexibility index (Phi) is 4.17. The first kappa shape index (κ1) is 15.7. The number of primary sulfonamides is 1. The van der Waals surface area contributed by atoms with E-state index in [4.69, 9.17) is 5.14 Å². The highest BCUT2D eigenvalue weighted by Crippen LogP contribution is 2.31. The van der Waals surface area contributed by atoms with Crippen molar-refractivity contribution in [2.24, 2.45) is 11.1 Å². The molecule has 1 fully saturated rings. The predicted octanol–water partition coefficient (Wildman–Crippen LogP) is 0.449. The van der Waals surface area contributed by atoms with Crippen molar-refractivity contribution >= 4 is 21.4 Å². The molecule has 0 amide bonds. The van der Waals surface area contributed by atoms with Gasteiger partial charge in [-0.3, -0.25) is 10.1 Å². The molecule has 21 heavy (non-hydrogen) atoms. The van der Waals surface area contributed by atoms with Crippen LogP contribution in [0.25, 0.3) is 0 Å². The van der Waals surface area contributed by atoms with Gasteiger partial charge in [0, 0.05) is 25.2 Å². The number of nitro benzene ring substituents is 1. The summed E-state index contributed by atoms with van der Waals surface area (Å²) in [6.07, 6.45) is 0.115. The SMILES string of the molecule is CC1CCN(c2ccc([N+](=O)[O-])cc2S(N)(=O)=O)CC1O. The molecule has 1 heterocycles. The van der Waals surface area contributed by atoms with Crippen molar-refractivity contribution in [2.45, 2.75) is 24.3 Å². The summed E-state index contributed by atoms with van der Waals surface area (Å²) in [7, 11) is -4.10. The standard InChI is InChI=1S/C12H17N3O5S/c1-8-4-5-14(7-11(8)16)10-3-2-9(15(17)18)6-12(10)21(13,19)20/h2-3,6,8,11,16H,4-5,7H2,1H3,(H2,13,19,20). The number of nitro groups is 1. The van der Waals surface area contributed by atoms with Gasteiger partial charge in [-0.25, -0.2) is 13.6 Å². The molecule has 1 aromatic carbocycles. The van der Waals surface area contributed by atoms with E-state index in [1.54, 1.807) is 4.90 Å². The number of anilines is 1. The third-order valence-electron chi connectivity index (χ3n) is 3.72. The van der Waals surface area contributed by atoms with Gasteiger partial charge in [0.2, 0.25) is 10.0 Å². The van der Waals surface area contributed by atoms with Gasteiger partial charge >= 0.3 is 0 Å². The molecule has 1 saturated heterocycles. The van der Waals surface area contributed by atoms with Crippen LogP contribution in [0.2, 0.25) is 0 Å². The van der Waals surface area contributed by atoms with Crippen LogP contribution in [-0.4, -0.2) is 37.6 Å². The van der Waals surface area contributed by atoms with Crippen molar-refractivity contribution < 1.29 is 18.4 Å². The number of rotatable bonds is 3. The maximum atomic E-state index is 11.7. The second-order valence-electron chi connectivity index (χ2n) is 5.23. The average molecular weight is 315 g/mol. The number of aliphatic hydroxyl groups excluding tert-OH is 1. The van der Waals surface area contributed by atoms with Gasteiger partial charge in [-0.1, -0.05) is 6.92 Å². The van der Waals surface area contributed by atoms with Crippen molar-refractivity contribution in [2.75, 3.05) is 18.0 Å². The first-order chi connectivity index (χ1) is 9.70. The van der Waals surface area contributed by atoms with Crippen LogP contribution in [0.5, 0.6) is 0 Å². The van der Waals surface area contributed by atoms with Crippen LogP contribution in [0.1, 0.15) is 13.3 Å². The molecular formula is C12H17N3O5S. The van der Waals surface area contributed by atoms with E-state index in [9.17, 15) is 23.6 Å². The van der Waals surface area contributed by atoms with Gasteiger partial charge in [0.05, 0.1) is 16.7 Å². The summed E-state index contributed by atoms with van der Waals surface area (Å²) in [5, 5.41) is 25.9. The van der Waals surface area contributed by atoms with E-state index in [0.29, 0.717) is 13.0 Å². The lowest BCUT2D eigenvalue weighted by molar-refractivity contribution is -0.385. The van der Waals surface area contributed by atoms with Gasteiger partial charge in [0.25, 0.3) is 5.69 Å². The second-order valence-corrected chi connectivity index (χ2v) is 6.76. The minimum absolute atomic E-state index is 0.122. The first-order valence-corrected chi connectivity index (χ1v) is 7.99. The van der Waals surface area contributed by atoms with Crippen LogP contribution in [0, 0.1) is 16.0 Å². The van der Waals surface area contributed by atoms with Crippen LogP contribution < -0.4 is 10.0 Å². The normalized spacial score (nSPS) is 23.1. The van der Waals surface area contributed by atoms with E-state index < -0.39 is 21.1 Å². The highest BCUT2D eigenvalue weighted by atomic mass is 32.2. The zero-order chi connectivity index (χ0) is 15.8. The molecule has 0 aliphatic carbocycles. The summed E-state index contributed by atoms with van der Waals surface area (Å²) in [4.78, 5) is 11.5. The zero-order valence-corrected chi connectivity index (χ0v) is 12.3. The Balaban J connectivity index is 2.46. The third kappa shape index (κ3) is 3.31. The van der Waals surface area contributed by atoms with Gasteiger partial charge in [0.1, 0.15) is 4.90 Å². The van der Waals surface area contributed by atoms with E-state index in [2.05, 4.69) is 0 Å². The van der Waals surface area contributed by atoms with E-state index in [0.717, 1.165) is 6.07 Å². The lowest BCUT2D eigenvalue weighted by atomic mass is 9.95. The third-order valence-corrected chi connectivity index (χ3v) is 4.66. The fourth-order valence-corrected chi connectivity index (χ4v) is 3.15. The molecule has 9 heteroatoms. The summed E-state index contributed by atoms with van der Waals surface area (Å²) in [6, 6.07) is 3.55. The number of hydrogen-bond donors (Lipinski definition) is 2. The predicted molar refractivity (Wildman–Crippen MR) is 76.5 cm³/mol. The maximum Gasteiger partial charge on any atom is 0.270 e. The largest absolute Gasteiger partial charge is 0.391 e. The maximum absolute atomic E-state index is 11.7. The Hall–Kier alpha value is -1.71. The molecule has 2 rings (SSSR count). The van der Waals surface area contributed by atoms with Gasteiger partial charge in [0.15, 0.2) is 0 Å². The lowest BCUT2D eigenvalue weighted by Crippen LogP contribution is -2.43. The van der Waals surface area contributed by atoms with Crippen LogP contribution in [0.4, 0.5) is 11.4 Å². The minimum atomic E-state index is -4.10. The van der Waals surface area contributed by atoms with Crippen molar-refractivity contribution in [1.29, 1.82) is 0 Å². The monoisotopic (exact) mass is 315 g/mol. The first-order valence-electron chi connectivity index (χ1n) is 6.44. The molecule has 0 bridgehead atoms. The molecule has 8 nitrogen and oxygen atoms in total. The van der Waals surface area contributed by atoms with E-state index >= 15 is 0 Å². The molecule has 1 aliphatic rings. The quantitative estimate of drug-likeness (QED) is 0.616. The lowest BCUT2D eigenvalue weighted by Gasteiger charge is -2.36. The van der Waals surface area contributed by atoms with Crippen LogP contribution in [0.3, 0.4) is 0 Å². The number of nitrogens with zero attached hydrogens (tertiary/aromatic N) is 2. The Morgan fingerprint density at radius 3 is 2.67 bits per heavy atom. The average Bonchev–Trinajstić information content (AvgIpc) is 2.40. The molecule has 0 aromatic heterocycles. The fourth-order valence-electron chi connectivity index (χ4n) is 2.37. The summed E-state index contributed by atoms with van der Waals surface area (Å²) in [6.45, 7) is 2.73. The number of nitrogens with two attached hydrogens (primary N) is 1. The Bertz CT molecular complexity index is 661. The number of piperidine rings is 1. The van der Waals surface area contributed by atoms with Crippen LogP contribution >= 0.6 is 0 Å². The number of non-ortho nitro benzene ring substituents is 1. The molecule has 1 aliphatic heterocycles. The molecule has 0 saturated carbocycles. The zero-order valence-electron chi connectivity index (χ0n) is 11.5. The fraction of sp³-hybridized carbons (Fsp3) is 0.500. The van der Waals surface area contributed by atoms with Crippen LogP contribution in [0.15, 0.2) is 23.1 Å². The molecule has 2 unspecified atom stereocenters. The molecule has 2 atom stereocenters. The molecule has 1 aromatic rings. The van der Waals surface area contributed by atoms with Gasteiger partial charge < -0.3 is 10.0 Å². The summed E-state index contributed by atoms with van der Waals surface area (Å²) < 4.78 is 23.4. The summed E-state index contributed by atoms with van der Waals surface area (Å²) in [5.74, 6) is 0.122. The Morgan fingerprint density at radius 2 is 2.14 bits per heavy atom. The molecule has 0 radical (unpaired) electrons. The minimum Gasteiger partial charge on any atom is -0.391 e. The van der Waals surface area contributed by atoms with Crippen molar-refractivity contribution in [3.05, 3.63) is 28.3 Å². The number of benzene rings is 1. The number of aliphatic hydroxyl groups is 1. The van der Waals surface area contributed by atoms with Crippen molar-refractivity contribution in [3.8, 4) is 0 Å². The van der Waals surface area contributed by atoms with Crippen molar-refractivity contribution in [3.63, 3.8) is 0 Å². The number of sulfonamides is 1. The van der Waals surface area contributed by atoms with Crippen LogP contribution in [-0.2, 0) is 10.0 Å². The number of β-amino-alcohol motifs (C(OH)–C–C–N with tert-alkyl or cyclic N) is 1. The van der Waals surface area contributed by atoms with E-state index in [1.807, 2.05) is 6.92 Å². The highest BCUT2D eigenvalue weighted by molar-refractivity contribution is 7.89. The second kappa shape index (κ2) is 5.58. The Morgan fingerprint density at radius 1 is 1.48 bits per heavy atom. The molecule has 116 valence electrons.